The standard InChI is InChI=1S/C13H11BrFN3O2/c1-20-11-3-2-7(14)4-10(11)18-13(19)9-5-8(15)6-17-12(9)16/h2-6H,1H3,(H2,16,17)(H,18,19). The number of nitrogens with one attached hydrogen (secondary N) is 1. The molecule has 0 fully saturated rings. The van der Waals surface area contributed by atoms with Gasteiger partial charge in [-0.05, 0) is 24.3 Å². The first kappa shape index (κ1) is 14.3. The third kappa shape index (κ3) is 3.05. The van der Waals surface area contributed by atoms with Crippen molar-refractivity contribution in [2.75, 3.05) is 18.2 Å². The number of anilines is 2. The van der Waals surface area contributed by atoms with E-state index in [4.69, 9.17) is 10.5 Å². The number of carbonyl (C=O) groups is 1. The first-order chi connectivity index (χ1) is 9.51. The molecule has 0 unspecified atom stereocenters. The van der Waals surface area contributed by atoms with E-state index in [1.54, 1.807) is 18.2 Å². The van der Waals surface area contributed by atoms with E-state index in [0.717, 1.165) is 16.7 Å². The van der Waals surface area contributed by atoms with E-state index in [1.165, 1.54) is 7.11 Å². The molecule has 0 aliphatic heterocycles. The maximum Gasteiger partial charge on any atom is 0.259 e. The first-order valence-corrected chi connectivity index (χ1v) is 6.36. The van der Waals surface area contributed by atoms with Crippen LogP contribution < -0.4 is 15.8 Å². The van der Waals surface area contributed by atoms with Crippen molar-refractivity contribution in [3.05, 3.63) is 46.3 Å². The minimum atomic E-state index is -0.634. The molecule has 0 saturated carbocycles. The fourth-order valence-corrected chi connectivity index (χ4v) is 1.96. The fraction of sp³-hybridized carbons (Fsp3) is 0.0769. The Kier molecular flexibility index (Phi) is 4.19. The SMILES string of the molecule is COc1ccc(Br)cc1NC(=O)c1cc(F)cnc1N. The van der Waals surface area contributed by atoms with Crippen LogP contribution in [-0.2, 0) is 0 Å². The fourth-order valence-electron chi connectivity index (χ4n) is 1.60. The molecule has 0 aliphatic rings. The summed E-state index contributed by atoms with van der Waals surface area (Å²) in [5.74, 6) is -0.765. The molecule has 2 aromatic rings. The molecule has 5 nitrogen and oxygen atoms in total. The molecule has 0 bridgehead atoms. The van der Waals surface area contributed by atoms with Crippen molar-refractivity contribution >= 4 is 33.3 Å². The van der Waals surface area contributed by atoms with Crippen molar-refractivity contribution in [2.45, 2.75) is 0 Å². The van der Waals surface area contributed by atoms with Crippen LogP contribution in [0.15, 0.2) is 34.9 Å². The Bertz CT molecular complexity index is 664. The van der Waals surface area contributed by atoms with Crippen LogP contribution in [0.4, 0.5) is 15.9 Å². The van der Waals surface area contributed by atoms with Crippen molar-refractivity contribution < 1.29 is 13.9 Å². The van der Waals surface area contributed by atoms with Gasteiger partial charge in [0.2, 0.25) is 0 Å². The molecule has 1 aromatic heterocycles. The number of halogens is 2. The minimum absolute atomic E-state index is 0.0352. The molecule has 0 aliphatic carbocycles. The molecule has 3 N–H and O–H groups in total. The van der Waals surface area contributed by atoms with E-state index in [1.807, 2.05) is 0 Å². The number of aromatic nitrogens is 1. The van der Waals surface area contributed by atoms with Crippen LogP contribution in [0.1, 0.15) is 10.4 Å². The zero-order valence-corrected chi connectivity index (χ0v) is 12.1. The van der Waals surface area contributed by atoms with Crippen LogP contribution in [0.5, 0.6) is 5.75 Å². The van der Waals surface area contributed by atoms with Crippen LogP contribution in [0.3, 0.4) is 0 Å². The molecule has 1 aromatic carbocycles. The Morgan fingerprint density at radius 1 is 1.45 bits per heavy atom. The summed E-state index contributed by atoms with van der Waals surface area (Å²) < 4.78 is 19.0. The van der Waals surface area contributed by atoms with Gasteiger partial charge in [0.15, 0.2) is 0 Å². The van der Waals surface area contributed by atoms with Gasteiger partial charge in [0, 0.05) is 4.47 Å². The quantitative estimate of drug-likeness (QED) is 0.901. The number of methoxy groups -OCH3 is 1. The monoisotopic (exact) mass is 339 g/mol. The lowest BCUT2D eigenvalue weighted by molar-refractivity contribution is 0.102. The van der Waals surface area contributed by atoms with Gasteiger partial charge in [0.25, 0.3) is 5.91 Å². The average Bonchev–Trinajstić information content (AvgIpc) is 2.41. The van der Waals surface area contributed by atoms with Gasteiger partial charge in [-0.15, -0.1) is 0 Å². The Morgan fingerprint density at radius 2 is 2.20 bits per heavy atom. The highest BCUT2D eigenvalue weighted by Gasteiger charge is 2.14. The number of benzene rings is 1. The summed E-state index contributed by atoms with van der Waals surface area (Å²) in [6.07, 6.45) is 0.950. The van der Waals surface area contributed by atoms with Crippen LogP contribution in [0.2, 0.25) is 0 Å². The number of carbonyl (C=O) groups excluding carboxylic acids is 1. The summed E-state index contributed by atoms with van der Waals surface area (Å²) in [6, 6.07) is 6.15. The van der Waals surface area contributed by atoms with E-state index in [9.17, 15) is 9.18 Å². The Morgan fingerprint density at radius 3 is 2.90 bits per heavy atom. The second-order valence-electron chi connectivity index (χ2n) is 3.89. The highest BCUT2D eigenvalue weighted by molar-refractivity contribution is 9.10. The van der Waals surface area contributed by atoms with Crippen molar-refractivity contribution in [3.8, 4) is 5.75 Å². The average molecular weight is 340 g/mol. The lowest BCUT2D eigenvalue weighted by atomic mass is 10.2. The molecule has 20 heavy (non-hydrogen) atoms. The minimum Gasteiger partial charge on any atom is -0.495 e. The van der Waals surface area contributed by atoms with Gasteiger partial charge in [0.1, 0.15) is 17.4 Å². The van der Waals surface area contributed by atoms with Gasteiger partial charge in [-0.3, -0.25) is 4.79 Å². The summed E-state index contributed by atoms with van der Waals surface area (Å²) in [5, 5.41) is 2.61. The van der Waals surface area contributed by atoms with Gasteiger partial charge in [-0.2, -0.15) is 0 Å². The zero-order valence-electron chi connectivity index (χ0n) is 10.5. The molecule has 104 valence electrons. The molecule has 0 spiro atoms. The van der Waals surface area contributed by atoms with Crippen molar-refractivity contribution in [3.63, 3.8) is 0 Å². The molecule has 1 amide bonds. The number of ether oxygens (including phenoxy) is 1. The van der Waals surface area contributed by atoms with Crippen molar-refractivity contribution in [1.82, 2.24) is 4.98 Å². The van der Waals surface area contributed by atoms with Gasteiger partial charge in [0.05, 0.1) is 24.6 Å². The lowest BCUT2D eigenvalue weighted by Gasteiger charge is -2.11. The predicted molar refractivity (Wildman–Crippen MR) is 77.3 cm³/mol. The molecule has 0 atom stereocenters. The number of nitrogen functional groups attached to an aromatic ring is 1. The number of nitrogens with zero attached hydrogens (tertiary/aromatic N) is 1. The molecule has 1 heterocycles. The number of amides is 1. The second-order valence-corrected chi connectivity index (χ2v) is 4.80. The highest BCUT2D eigenvalue weighted by atomic mass is 79.9. The van der Waals surface area contributed by atoms with Crippen LogP contribution in [-0.4, -0.2) is 18.0 Å². The van der Waals surface area contributed by atoms with Crippen LogP contribution >= 0.6 is 15.9 Å². The molecular weight excluding hydrogens is 329 g/mol. The predicted octanol–water partition coefficient (Wildman–Crippen LogP) is 2.83. The van der Waals surface area contributed by atoms with Crippen LogP contribution in [0.25, 0.3) is 0 Å². The molecule has 7 heteroatoms. The number of nitrogens with two attached hydrogens (primary N) is 1. The van der Waals surface area contributed by atoms with Gasteiger partial charge in [-0.25, -0.2) is 9.37 Å². The Hall–Kier alpha value is -2.15. The number of hydrogen-bond donors (Lipinski definition) is 2. The Balaban J connectivity index is 2.32. The third-order valence-corrected chi connectivity index (χ3v) is 3.03. The molecule has 0 saturated heterocycles. The smallest absolute Gasteiger partial charge is 0.259 e. The van der Waals surface area contributed by atoms with E-state index in [2.05, 4.69) is 26.2 Å². The number of pyridine rings is 1. The zero-order chi connectivity index (χ0) is 14.7. The maximum atomic E-state index is 13.1. The van der Waals surface area contributed by atoms with E-state index >= 15 is 0 Å². The molecular formula is C13H11BrFN3O2. The van der Waals surface area contributed by atoms with Crippen molar-refractivity contribution in [2.24, 2.45) is 0 Å². The van der Waals surface area contributed by atoms with E-state index in [0.29, 0.717) is 11.4 Å². The Labute approximate surface area is 123 Å². The number of rotatable bonds is 3. The largest absolute Gasteiger partial charge is 0.495 e. The van der Waals surface area contributed by atoms with Crippen LogP contribution in [0, 0.1) is 5.82 Å². The lowest BCUT2D eigenvalue weighted by Crippen LogP contribution is -2.15. The van der Waals surface area contributed by atoms with E-state index < -0.39 is 11.7 Å². The first-order valence-electron chi connectivity index (χ1n) is 5.57. The van der Waals surface area contributed by atoms with E-state index in [-0.39, 0.29) is 11.4 Å². The topological polar surface area (TPSA) is 77.2 Å². The number of hydrogen-bond acceptors (Lipinski definition) is 4. The third-order valence-electron chi connectivity index (χ3n) is 2.54. The summed E-state index contributed by atoms with van der Waals surface area (Å²) >= 11 is 3.29. The summed E-state index contributed by atoms with van der Waals surface area (Å²) in [6.45, 7) is 0. The summed E-state index contributed by atoms with van der Waals surface area (Å²) in [5.41, 5.74) is 5.97. The van der Waals surface area contributed by atoms with Gasteiger partial charge >= 0.3 is 0 Å². The highest BCUT2D eigenvalue weighted by Crippen LogP contribution is 2.28. The maximum absolute atomic E-state index is 13.1. The molecule has 2 rings (SSSR count). The summed E-state index contributed by atoms with van der Waals surface area (Å²) in [4.78, 5) is 15.7. The van der Waals surface area contributed by atoms with Crippen molar-refractivity contribution in [1.29, 1.82) is 0 Å². The van der Waals surface area contributed by atoms with Gasteiger partial charge < -0.3 is 15.8 Å². The second kappa shape index (κ2) is 5.87. The molecule has 0 radical (unpaired) electrons. The van der Waals surface area contributed by atoms with Gasteiger partial charge in [-0.1, -0.05) is 15.9 Å². The normalized spacial score (nSPS) is 10.2. The summed E-state index contributed by atoms with van der Waals surface area (Å²) in [7, 11) is 1.48.